The Morgan fingerprint density at radius 3 is 2.44 bits per heavy atom. The van der Waals surface area contributed by atoms with E-state index in [2.05, 4.69) is 5.32 Å². The molecule has 0 aliphatic heterocycles. The molecule has 0 aliphatic carbocycles. The number of nitrogens with one attached hydrogen (secondary N) is 1. The molecule has 8 heteroatoms. The van der Waals surface area contributed by atoms with Crippen molar-refractivity contribution in [2.75, 3.05) is 0 Å². The molecule has 0 saturated carbocycles. The second-order valence-corrected chi connectivity index (χ2v) is 8.14. The minimum absolute atomic E-state index is 0. The monoisotopic (exact) mass is 484 g/mol. The molecule has 0 aliphatic rings. The number of carbonyl (C=O) groups excluding carboxylic acids is 1. The van der Waals surface area contributed by atoms with Crippen LogP contribution in [0.5, 0.6) is 0 Å². The predicted octanol–water partition coefficient (Wildman–Crippen LogP) is 1.53. The van der Waals surface area contributed by atoms with Gasteiger partial charge in [-0.05, 0) is 46.8 Å². The largest absolute Gasteiger partial charge is 1.00 e. The van der Waals surface area contributed by atoms with Crippen LogP contribution in [0.2, 0.25) is 5.02 Å². The number of aromatic carboxylic acids is 1. The molecule has 2 N–H and O–H groups in total. The van der Waals surface area contributed by atoms with E-state index in [1.165, 1.54) is 12.1 Å². The molecule has 0 fully saturated rings. The number of nitrogens with zero attached hydrogens (tertiary/aromatic N) is 1. The van der Waals surface area contributed by atoms with Crippen LogP contribution in [0.1, 0.15) is 23.0 Å². The van der Waals surface area contributed by atoms with Crippen LogP contribution in [0.25, 0.3) is 21.9 Å². The first-order valence-electron chi connectivity index (χ1n) is 10.3. The summed E-state index contributed by atoms with van der Waals surface area (Å²) in [5, 5.41) is 13.8. The second-order valence-electron chi connectivity index (χ2n) is 7.70. The van der Waals surface area contributed by atoms with Crippen LogP contribution in [0.3, 0.4) is 0 Å². The first-order valence-corrected chi connectivity index (χ1v) is 10.7. The number of hydrogen-bond donors (Lipinski definition) is 2. The third-order valence-corrected chi connectivity index (χ3v) is 5.77. The van der Waals surface area contributed by atoms with Crippen molar-refractivity contribution in [2.24, 2.45) is 7.05 Å². The summed E-state index contributed by atoms with van der Waals surface area (Å²) in [6.07, 6.45) is 0.0230. The molecule has 0 bridgehead atoms. The van der Waals surface area contributed by atoms with E-state index in [-0.39, 0.29) is 61.0 Å². The Hall–Kier alpha value is -2.90. The van der Waals surface area contributed by atoms with Crippen LogP contribution in [-0.2, 0) is 24.8 Å². The Bertz CT molecular complexity index is 1440. The molecule has 0 saturated heterocycles. The Morgan fingerprint density at radius 2 is 1.74 bits per heavy atom. The summed E-state index contributed by atoms with van der Waals surface area (Å²) in [4.78, 5) is 36.9. The zero-order chi connectivity index (χ0) is 23.5. The molecular formula is C26H22ClN2NaO4. The maximum absolute atomic E-state index is 13.0. The van der Waals surface area contributed by atoms with E-state index in [4.69, 9.17) is 16.7 Å². The van der Waals surface area contributed by atoms with Gasteiger partial charge in [0.1, 0.15) is 0 Å². The minimum atomic E-state index is -1.05. The van der Waals surface area contributed by atoms with E-state index in [1.807, 2.05) is 30.3 Å². The van der Waals surface area contributed by atoms with Gasteiger partial charge in [0.15, 0.2) is 0 Å². The van der Waals surface area contributed by atoms with Gasteiger partial charge >= 0.3 is 35.5 Å². The average Bonchev–Trinajstić information content (AvgIpc) is 2.81. The molecule has 6 nitrogen and oxygen atoms in total. The van der Waals surface area contributed by atoms with Gasteiger partial charge in [0.2, 0.25) is 5.91 Å². The first-order chi connectivity index (χ1) is 15.8. The van der Waals surface area contributed by atoms with E-state index in [9.17, 15) is 14.4 Å². The first kappa shape index (κ1) is 25.7. The van der Waals surface area contributed by atoms with Crippen LogP contribution in [-0.4, -0.2) is 21.6 Å². The third kappa shape index (κ3) is 5.42. The van der Waals surface area contributed by atoms with Gasteiger partial charge in [0.05, 0.1) is 18.5 Å². The number of hydrogen-bond acceptors (Lipinski definition) is 3. The van der Waals surface area contributed by atoms with E-state index in [0.717, 1.165) is 16.5 Å². The number of carbonyl (C=O) groups is 2. The standard InChI is InChI=1S/C26H21ClN2O4.Na.H/c1-29-22(15-28-23(30)13-16-6-5-9-18(12-16)26(32)33)24(17-7-3-2-4-8-17)21-14-19(27)10-11-20(21)25(29)31;;/h2-12,14H,13,15H2,1H3,(H,28,30)(H,32,33);;/q;+1;-1. The van der Waals surface area contributed by atoms with Gasteiger partial charge in [-0.1, -0.05) is 54.1 Å². The molecule has 34 heavy (non-hydrogen) atoms. The number of pyridine rings is 1. The molecule has 1 aromatic heterocycles. The van der Waals surface area contributed by atoms with Crippen molar-refractivity contribution in [1.82, 2.24) is 9.88 Å². The number of rotatable bonds is 6. The number of carboxylic acids is 1. The predicted molar refractivity (Wildman–Crippen MR) is 130 cm³/mol. The quantitative estimate of drug-likeness (QED) is 0.406. The van der Waals surface area contributed by atoms with Gasteiger partial charge in [0, 0.05) is 28.7 Å². The molecule has 0 spiro atoms. The molecule has 1 heterocycles. The number of fused-ring (bicyclic) bond motifs is 1. The Balaban J connectivity index is 0.00000216. The second kappa shape index (κ2) is 11.0. The van der Waals surface area contributed by atoms with E-state index in [1.54, 1.807) is 41.9 Å². The van der Waals surface area contributed by atoms with Crippen LogP contribution >= 0.6 is 11.6 Å². The topological polar surface area (TPSA) is 88.4 Å². The minimum Gasteiger partial charge on any atom is -1.00 e. The fraction of sp³-hybridized carbons (Fsp3) is 0.115. The van der Waals surface area contributed by atoms with E-state index in [0.29, 0.717) is 21.7 Å². The summed E-state index contributed by atoms with van der Waals surface area (Å²) in [7, 11) is 1.68. The van der Waals surface area contributed by atoms with Gasteiger partial charge < -0.3 is 16.4 Å². The average molecular weight is 485 g/mol. The smallest absolute Gasteiger partial charge is 1.00 e. The molecule has 168 valence electrons. The Kier molecular flexibility index (Phi) is 8.33. The molecule has 4 aromatic rings. The van der Waals surface area contributed by atoms with Gasteiger partial charge in [0.25, 0.3) is 5.56 Å². The van der Waals surface area contributed by atoms with Crippen molar-refractivity contribution in [3.8, 4) is 11.1 Å². The molecule has 1 amide bonds. The van der Waals surface area contributed by atoms with Gasteiger partial charge in [-0.25, -0.2) is 4.79 Å². The maximum Gasteiger partial charge on any atom is 1.00 e. The fourth-order valence-corrected chi connectivity index (χ4v) is 4.09. The summed E-state index contributed by atoms with van der Waals surface area (Å²) in [5.74, 6) is -1.33. The number of benzene rings is 3. The van der Waals surface area contributed by atoms with Crippen molar-refractivity contribution in [3.63, 3.8) is 0 Å². The SMILES string of the molecule is Cn1c(CNC(=O)Cc2cccc(C(=O)O)c2)c(-c2ccccc2)c2cc(Cl)ccc2c1=O.[H-].[Na+]. The normalized spacial score (nSPS) is 10.5. The van der Waals surface area contributed by atoms with Crippen molar-refractivity contribution in [2.45, 2.75) is 13.0 Å². The number of carboxylic acid groups (broad SMARTS) is 1. The summed E-state index contributed by atoms with van der Waals surface area (Å²) >= 11 is 6.26. The molecule has 3 aromatic carbocycles. The van der Waals surface area contributed by atoms with E-state index >= 15 is 0 Å². The van der Waals surface area contributed by atoms with Crippen LogP contribution in [0, 0.1) is 0 Å². The Labute approximate surface area is 225 Å². The van der Waals surface area contributed by atoms with Crippen LogP contribution in [0.15, 0.2) is 77.6 Å². The summed E-state index contributed by atoms with van der Waals surface area (Å²) in [6.45, 7) is 0.121. The van der Waals surface area contributed by atoms with Crippen molar-refractivity contribution >= 4 is 34.2 Å². The third-order valence-electron chi connectivity index (χ3n) is 5.53. The molecule has 4 rings (SSSR count). The van der Waals surface area contributed by atoms with Crippen LogP contribution < -0.4 is 40.4 Å². The maximum atomic E-state index is 13.0. The Morgan fingerprint density at radius 1 is 1.00 bits per heavy atom. The van der Waals surface area contributed by atoms with Gasteiger partial charge in [-0.2, -0.15) is 0 Å². The molecule has 0 atom stereocenters. The zero-order valence-electron chi connectivity index (χ0n) is 19.8. The zero-order valence-corrected chi connectivity index (χ0v) is 21.6. The van der Waals surface area contributed by atoms with Crippen molar-refractivity contribution in [1.29, 1.82) is 0 Å². The van der Waals surface area contributed by atoms with E-state index < -0.39 is 5.97 Å². The van der Waals surface area contributed by atoms with Gasteiger partial charge in [-0.15, -0.1) is 0 Å². The summed E-state index contributed by atoms with van der Waals surface area (Å²) < 4.78 is 1.55. The van der Waals surface area contributed by atoms with Gasteiger partial charge in [-0.3, -0.25) is 9.59 Å². The molecular weight excluding hydrogens is 463 g/mol. The molecule has 0 unspecified atom stereocenters. The summed E-state index contributed by atoms with van der Waals surface area (Å²) in [6, 6.07) is 21.1. The summed E-state index contributed by atoms with van der Waals surface area (Å²) in [5.41, 5.74) is 2.91. The number of aromatic nitrogens is 1. The number of halogens is 1. The molecule has 0 radical (unpaired) electrons. The van der Waals surface area contributed by atoms with Crippen molar-refractivity contribution < 1.29 is 45.7 Å². The van der Waals surface area contributed by atoms with Crippen molar-refractivity contribution in [3.05, 3.63) is 105 Å². The number of amides is 1. The van der Waals surface area contributed by atoms with Crippen LogP contribution in [0.4, 0.5) is 0 Å². The fourth-order valence-electron chi connectivity index (χ4n) is 3.91.